The minimum atomic E-state index is 0.522. The molecule has 0 bridgehead atoms. The van der Waals surface area contributed by atoms with Crippen LogP contribution in [-0.4, -0.2) is 11.9 Å². The fraction of sp³-hybridized carbons (Fsp3) is 0.625. The fourth-order valence-corrected chi connectivity index (χ4v) is 3.25. The lowest BCUT2D eigenvalue weighted by Gasteiger charge is -2.16. The van der Waals surface area contributed by atoms with Gasteiger partial charge in [-0.15, -0.1) is 0 Å². The number of alkyl halides is 1. The van der Waals surface area contributed by atoms with E-state index in [0.717, 1.165) is 12.2 Å². The lowest BCUT2D eigenvalue weighted by molar-refractivity contribution is 0.408. The summed E-state index contributed by atoms with van der Waals surface area (Å²) in [4.78, 5) is 0.522. The van der Waals surface area contributed by atoms with Gasteiger partial charge in [-0.3, -0.25) is 0 Å². The Bertz CT molecular complexity index is 371. The molecule has 0 amide bonds. The highest BCUT2D eigenvalue weighted by atomic mass is 79.9. The van der Waals surface area contributed by atoms with Crippen LogP contribution in [0.15, 0.2) is 18.2 Å². The van der Waals surface area contributed by atoms with Crippen LogP contribution in [0.3, 0.4) is 0 Å². The van der Waals surface area contributed by atoms with Gasteiger partial charge in [0.25, 0.3) is 0 Å². The Kier molecular flexibility index (Phi) is 6.20. The largest absolute Gasteiger partial charge is 0.496 e. The maximum absolute atomic E-state index is 5.47. The van der Waals surface area contributed by atoms with Gasteiger partial charge in [-0.2, -0.15) is 0 Å². The van der Waals surface area contributed by atoms with E-state index in [-0.39, 0.29) is 0 Å². The summed E-state index contributed by atoms with van der Waals surface area (Å²) in [5, 5.41) is 0. The third-order valence-electron chi connectivity index (χ3n) is 3.14. The highest BCUT2D eigenvalue weighted by Crippen LogP contribution is 2.28. The lowest BCUT2D eigenvalue weighted by Crippen LogP contribution is -2.08. The first kappa shape index (κ1) is 15.6. The van der Waals surface area contributed by atoms with Crippen molar-refractivity contribution in [3.05, 3.63) is 29.3 Å². The molecule has 1 nitrogen and oxygen atoms in total. The van der Waals surface area contributed by atoms with Crippen molar-refractivity contribution in [2.75, 3.05) is 7.11 Å². The van der Waals surface area contributed by atoms with Crippen molar-refractivity contribution in [3.8, 4) is 5.75 Å². The van der Waals surface area contributed by atoms with Gasteiger partial charge in [0.05, 0.1) is 7.11 Å². The van der Waals surface area contributed by atoms with Crippen LogP contribution >= 0.6 is 15.9 Å². The molecule has 1 atom stereocenters. The maximum Gasteiger partial charge on any atom is 0.122 e. The molecule has 2 heteroatoms. The van der Waals surface area contributed by atoms with Crippen LogP contribution in [0.4, 0.5) is 0 Å². The zero-order valence-electron chi connectivity index (χ0n) is 12.2. The Hall–Kier alpha value is -0.500. The molecular formula is C16H25BrO. The molecule has 0 saturated heterocycles. The normalized spacial score (nSPS) is 13.1. The van der Waals surface area contributed by atoms with Crippen molar-refractivity contribution in [3.63, 3.8) is 0 Å². The average Bonchev–Trinajstić information content (AvgIpc) is 2.27. The summed E-state index contributed by atoms with van der Waals surface area (Å²) in [5.41, 5.74) is 2.70. The van der Waals surface area contributed by atoms with Gasteiger partial charge >= 0.3 is 0 Å². The molecule has 0 aliphatic rings. The van der Waals surface area contributed by atoms with Crippen LogP contribution in [-0.2, 0) is 6.42 Å². The fourth-order valence-electron chi connectivity index (χ4n) is 2.15. The molecule has 1 unspecified atom stereocenters. The van der Waals surface area contributed by atoms with Gasteiger partial charge in [0.2, 0.25) is 0 Å². The van der Waals surface area contributed by atoms with Crippen LogP contribution < -0.4 is 4.74 Å². The molecule has 0 N–H and O–H groups in total. The molecule has 1 aromatic rings. The molecule has 102 valence electrons. The van der Waals surface area contributed by atoms with Crippen molar-refractivity contribution in [1.82, 2.24) is 0 Å². The Morgan fingerprint density at radius 1 is 1.17 bits per heavy atom. The van der Waals surface area contributed by atoms with E-state index < -0.39 is 0 Å². The topological polar surface area (TPSA) is 9.23 Å². The van der Waals surface area contributed by atoms with E-state index in [1.54, 1.807) is 7.11 Å². The molecule has 0 heterocycles. The summed E-state index contributed by atoms with van der Waals surface area (Å²) in [6.07, 6.45) is 2.22. The number of halogens is 1. The van der Waals surface area contributed by atoms with E-state index in [1.165, 1.54) is 17.5 Å². The van der Waals surface area contributed by atoms with Gasteiger partial charge in [0.15, 0.2) is 0 Å². The summed E-state index contributed by atoms with van der Waals surface area (Å²) in [5.74, 6) is 2.29. The van der Waals surface area contributed by atoms with Crippen LogP contribution in [0.2, 0.25) is 0 Å². The van der Waals surface area contributed by atoms with E-state index in [0.29, 0.717) is 16.7 Å². The summed E-state index contributed by atoms with van der Waals surface area (Å²) < 4.78 is 5.47. The molecule has 1 rings (SSSR count). The quantitative estimate of drug-likeness (QED) is 0.658. The Labute approximate surface area is 120 Å². The number of hydrogen-bond donors (Lipinski definition) is 0. The number of benzene rings is 1. The van der Waals surface area contributed by atoms with Gasteiger partial charge in [0, 0.05) is 4.83 Å². The molecule has 0 aliphatic carbocycles. The zero-order valence-corrected chi connectivity index (χ0v) is 13.8. The molecule has 1 aromatic carbocycles. The predicted molar refractivity (Wildman–Crippen MR) is 83.0 cm³/mol. The molecule has 0 saturated carbocycles. The first-order chi connectivity index (χ1) is 8.43. The van der Waals surface area contributed by atoms with Gasteiger partial charge < -0.3 is 4.74 Å². The number of rotatable bonds is 6. The summed E-state index contributed by atoms with van der Waals surface area (Å²) in [6.45, 7) is 8.97. The average molecular weight is 313 g/mol. The van der Waals surface area contributed by atoms with Gasteiger partial charge in [0.1, 0.15) is 5.75 Å². The molecule has 0 spiro atoms. The van der Waals surface area contributed by atoms with Crippen molar-refractivity contribution >= 4 is 15.9 Å². The summed E-state index contributed by atoms with van der Waals surface area (Å²) in [6, 6.07) is 6.55. The Morgan fingerprint density at radius 3 is 2.33 bits per heavy atom. The van der Waals surface area contributed by atoms with Crippen molar-refractivity contribution in [2.45, 2.75) is 51.3 Å². The number of hydrogen-bond acceptors (Lipinski definition) is 1. The van der Waals surface area contributed by atoms with Crippen LogP contribution in [0, 0.1) is 5.92 Å². The number of methoxy groups -OCH3 is 1. The SMILES string of the molecule is COc1ccc(C(C)C)cc1CC(Br)CC(C)C. The van der Waals surface area contributed by atoms with E-state index in [9.17, 15) is 0 Å². The zero-order chi connectivity index (χ0) is 13.7. The molecule has 0 radical (unpaired) electrons. The highest BCUT2D eigenvalue weighted by molar-refractivity contribution is 9.09. The van der Waals surface area contributed by atoms with Crippen LogP contribution in [0.1, 0.15) is 51.2 Å². The van der Waals surface area contributed by atoms with Crippen LogP contribution in [0.5, 0.6) is 5.75 Å². The minimum absolute atomic E-state index is 0.522. The van der Waals surface area contributed by atoms with E-state index >= 15 is 0 Å². The van der Waals surface area contributed by atoms with Gasteiger partial charge in [-0.25, -0.2) is 0 Å². The van der Waals surface area contributed by atoms with Crippen molar-refractivity contribution in [2.24, 2.45) is 5.92 Å². The molecule has 0 aliphatic heterocycles. The van der Waals surface area contributed by atoms with Crippen LogP contribution in [0.25, 0.3) is 0 Å². The Balaban J connectivity index is 2.87. The van der Waals surface area contributed by atoms with E-state index in [1.807, 2.05) is 0 Å². The first-order valence-electron chi connectivity index (χ1n) is 6.74. The molecular weight excluding hydrogens is 288 g/mol. The van der Waals surface area contributed by atoms with E-state index in [2.05, 4.69) is 61.8 Å². The highest BCUT2D eigenvalue weighted by Gasteiger charge is 2.13. The van der Waals surface area contributed by atoms with Crippen molar-refractivity contribution < 1.29 is 4.74 Å². The predicted octanol–water partition coefficient (Wildman–Crippen LogP) is 5.17. The van der Waals surface area contributed by atoms with E-state index in [4.69, 9.17) is 4.74 Å². The maximum atomic E-state index is 5.47. The lowest BCUT2D eigenvalue weighted by atomic mass is 9.96. The summed E-state index contributed by atoms with van der Waals surface area (Å²) >= 11 is 3.78. The van der Waals surface area contributed by atoms with Gasteiger partial charge in [-0.1, -0.05) is 55.8 Å². The monoisotopic (exact) mass is 312 g/mol. The second kappa shape index (κ2) is 7.18. The third kappa shape index (κ3) is 4.64. The summed E-state index contributed by atoms with van der Waals surface area (Å²) in [7, 11) is 1.75. The first-order valence-corrected chi connectivity index (χ1v) is 7.66. The van der Waals surface area contributed by atoms with Gasteiger partial charge in [-0.05, 0) is 41.9 Å². The minimum Gasteiger partial charge on any atom is -0.496 e. The Morgan fingerprint density at radius 2 is 1.83 bits per heavy atom. The second-order valence-corrected chi connectivity index (χ2v) is 6.95. The second-order valence-electron chi connectivity index (χ2n) is 5.66. The molecule has 18 heavy (non-hydrogen) atoms. The molecule has 0 aromatic heterocycles. The van der Waals surface area contributed by atoms with Crippen molar-refractivity contribution in [1.29, 1.82) is 0 Å². The standard InChI is InChI=1S/C16H25BrO/c1-11(2)8-15(17)10-14-9-13(12(3)4)6-7-16(14)18-5/h6-7,9,11-12,15H,8,10H2,1-5H3. The smallest absolute Gasteiger partial charge is 0.122 e. The third-order valence-corrected chi connectivity index (χ3v) is 3.84. The number of ether oxygens (including phenoxy) is 1. The molecule has 0 fully saturated rings.